The quantitative estimate of drug-likeness (QED) is 0.539. The number of fused-ring (bicyclic) bond motifs is 2. The lowest BCUT2D eigenvalue weighted by atomic mass is 9.81. The molecule has 0 aromatic heterocycles. The van der Waals surface area contributed by atoms with E-state index < -0.39 is 18.1 Å². The molecule has 0 bridgehead atoms. The van der Waals surface area contributed by atoms with Gasteiger partial charge in [-0.15, -0.1) is 13.2 Å². The predicted octanol–water partition coefficient (Wildman–Crippen LogP) is 5.31. The number of amides is 2. The average molecular weight is 517 g/mol. The Labute approximate surface area is 211 Å². The molecular formula is C27H27F3N2O5. The predicted molar refractivity (Wildman–Crippen MR) is 127 cm³/mol. The van der Waals surface area contributed by atoms with Crippen molar-refractivity contribution in [3.05, 3.63) is 59.7 Å². The van der Waals surface area contributed by atoms with Crippen molar-refractivity contribution in [2.45, 2.75) is 69.4 Å². The van der Waals surface area contributed by atoms with Crippen molar-refractivity contribution in [2.75, 3.05) is 4.90 Å². The highest BCUT2D eigenvalue weighted by Gasteiger charge is 2.51. The van der Waals surface area contributed by atoms with Crippen molar-refractivity contribution in [2.24, 2.45) is 5.92 Å². The minimum atomic E-state index is -4.82. The van der Waals surface area contributed by atoms with Crippen LogP contribution in [0.15, 0.2) is 48.5 Å². The van der Waals surface area contributed by atoms with Crippen LogP contribution in [0.1, 0.15) is 66.9 Å². The van der Waals surface area contributed by atoms with Crippen LogP contribution in [0.3, 0.4) is 0 Å². The molecule has 2 aliphatic carbocycles. The minimum Gasteiger partial charge on any atom is -0.481 e. The Kier molecular flexibility index (Phi) is 6.59. The Balaban J connectivity index is 1.49. The number of carboxylic acids is 1. The minimum absolute atomic E-state index is 0.0268. The smallest absolute Gasteiger partial charge is 0.481 e. The lowest BCUT2D eigenvalue weighted by Crippen LogP contribution is -2.52. The van der Waals surface area contributed by atoms with E-state index >= 15 is 0 Å². The molecule has 37 heavy (non-hydrogen) atoms. The molecule has 2 saturated carbocycles. The van der Waals surface area contributed by atoms with Crippen molar-refractivity contribution in [3.63, 3.8) is 0 Å². The first-order valence-corrected chi connectivity index (χ1v) is 12.5. The molecule has 2 aromatic rings. The third kappa shape index (κ3) is 5.14. The van der Waals surface area contributed by atoms with Crippen LogP contribution in [0.4, 0.5) is 18.9 Å². The fourth-order valence-corrected chi connectivity index (χ4v) is 5.86. The summed E-state index contributed by atoms with van der Waals surface area (Å²) >= 11 is 0. The van der Waals surface area contributed by atoms with Gasteiger partial charge in [0.2, 0.25) is 5.91 Å². The number of carbonyl (C=O) groups is 3. The van der Waals surface area contributed by atoms with Gasteiger partial charge in [0, 0.05) is 35.7 Å². The van der Waals surface area contributed by atoms with Gasteiger partial charge in [0.1, 0.15) is 5.75 Å². The van der Waals surface area contributed by atoms with Gasteiger partial charge in [0.05, 0.1) is 12.5 Å². The van der Waals surface area contributed by atoms with Crippen LogP contribution < -0.4 is 9.64 Å². The number of para-hydroxylation sites is 1. The van der Waals surface area contributed by atoms with Crippen molar-refractivity contribution in [1.82, 2.24) is 4.90 Å². The van der Waals surface area contributed by atoms with E-state index in [4.69, 9.17) is 5.11 Å². The van der Waals surface area contributed by atoms with Crippen molar-refractivity contribution in [1.29, 1.82) is 0 Å². The Morgan fingerprint density at radius 1 is 0.973 bits per heavy atom. The number of hydrogen-bond acceptors (Lipinski definition) is 4. The van der Waals surface area contributed by atoms with Gasteiger partial charge in [-0.25, -0.2) is 0 Å². The van der Waals surface area contributed by atoms with E-state index in [1.807, 2.05) is 29.2 Å². The first kappa shape index (κ1) is 25.1. The second-order valence-corrected chi connectivity index (χ2v) is 9.84. The molecule has 7 nitrogen and oxygen atoms in total. The van der Waals surface area contributed by atoms with Gasteiger partial charge in [-0.1, -0.05) is 24.6 Å². The zero-order valence-corrected chi connectivity index (χ0v) is 20.0. The van der Waals surface area contributed by atoms with E-state index in [-0.39, 0.29) is 54.3 Å². The maximum Gasteiger partial charge on any atom is 0.573 e. The average Bonchev–Trinajstić information content (AvgIpc) is 3.57. The third-order valence-corrected chi connectivity index (χ3v) is 7.42. The normalized spacial score (nSPS) is 22.7. The Hall–Kier alpha value is -3.56. The van der Waals surface area contributed by atoms with Gasteiger partial charge in [-0.2, -0.15) is 0 Å². The molecular weight excluding hydrogens is 489 g/mol. The summed E-state index contributed by atoms with van der Waals surface area (Å²) in [7, 11) is 0. The van der Waals surface area contributed by atoms with E-state index in [1.165, 1.54) is 12.1 Å². The Morgan fingerprint density at radius 3 is 2.32 bits per heavy atom. The SMILES string of the molecule is O=C(O)CCC(=O)N(C1CC1)[C@H]1c2ccccc2N(C(=O)c2ccc(OC(F)(F)F)cc2)[C@H]2CCC[C@@H]21. The summed E-state index contributed by atoms with van der Waals surface area (Å²) < 4.78 is 41.6. The molecule has 0 saturated heterocycles. The van der Waals surface area contributed by atoms with Crippen LogP contribution in [0.2, 0.25) is 0 Å². The number of nitrogens with zero attached hydrogens (tertiary/aromatic N) is 2. The summed E-state index contributed by atoms with van der Waals surface area (Å²) in [6.07, 6.45) is -0.990. The highest BCUT2D eigenvalue weighted by Crippen LogP contribution is 2.53. The molecule has 5 rings (SSSR count). The highest BCUT2D eigenvalue weighted by molar-refractivity contribution is 6.07. The monoisotopic (exact) mass is 516 g/mol. The van der Waals surface area contributed by atoms with Gasteiger partial charge >= 0.3 is 12.3 Å². The maximum absolute atomic E-state index is 13.8. The van der Waals surface area contributed by atoms with Crippen LogP contribution in [0.25, 0.3) is 0 Å². The number of benzene rings is 2. The number of alkyl halides is 3. The van der Waals surface area contributed by atoms with E-state index in [9.17, 15) is 27.6 Å². The Bertz CT molecular complexity index is 1200. The summed E-state index contributed by atoms with van der Waals surface area (Å²) in [4.78, 5) is 41.8. The number of rotatable bonds is 7. The van der Waals surface area contributed by atoms with Crippen LogP contribution in [0.5, 0.6) is 5.75 Å². The molecule has 3 atom stereocenters. The highest BCUT2D eigenvalue weighted by atomic mass is 19.4. The molecule has 0 radical (unpaired) electrons. The summed E-state index contributed by atoms with van der Waals surface area (Å²) in [6, 6.07) is 11.9. The molecule has 3 aliphatic rings. The van der Waals surface area contributed by atoms with E-state index in [2.05, 4.69) is 4.74 Å². The second kappa shape index (κ2) is 9.72. The molecule has 0 unspecified atom stereocenters. The van der Waals surface area contributed by atoms with Gasteiger partial charge < -0.3 is 19.6 Å². The van der Waals surface area contributed by atoms with Crippen molar-refractivity contribution >= 4 is 23.5 Å². The van der Waals surface area contributed by atoms with Gasteiger partial charge in [-0.3, -0.25) is 14.4 Å². The molecule has 1 aliphatic heterocycles. The largest absolute Gasteiger partial charge is 0.573 e. The summed E-state index contributed by atoms with van der Waals surface area (Å²) in [5.41, 5.74) is 1.75. The van der Waals surface area contributed by atoms with Gasteiger partial charge in [0.15, 0.2) is 0 Å². The number of hydrogen-bond donors (Lipinski definition) is 1. The van der Waals surface area contributed by atoms with Gasteiger partial charge in [-0.05, 0) is 61.6 Å². The molecule has 0 spiro atoms. The number of carboxylic acid groups (broad SMARTS) is 1. The van der Waals surface area contributed by atoms with E-state index in [1.54, 1.807) is 4.90 Å². The molecule has 10 heteroatoms. The molecule has 2 aromatic carbocycles. The number of carbonyl (C=O) groups excluding carboxylic acids is 2. The zero-order valence-electron chi connectivity index (χ0n) is 20.0. The summed E-state index contributed by atoms with van der Waals surface area (Å²) in [5.74, 6) is -1.95. The van der Waals surface area contributed by atoms with Crippen molar-refractivity contribution in [3.8, 4) is 5.75 Å². The Morgan fingerprint density at radius 2 is 1.68 bits per heavy atom. The molecule has 1 heterocycles. The van der Waals surface area contributed by atoms with Gasteiger partial charge in [0.25, 0.3) is 5.91 Å². The molecule has 2 amide bonds. The number of halogens is 3. The van der Waals surface area contributed by atoms with Crippen molar-refractivity contribution < 1.29 is 37.4 Å². The fraction of sp³-hybridized carbons (Fsp3) is 0.444. The van der Waals surface area contributed by atoms with E-state index in [0.717, 1.165) is 49.8 Å². The number of aliphatic carboxylic acids is 1. The third-order valence-electron chi connectivity index (χ3n) is 7.42. The van der Waals surface area contributed by atoms with Crippen LogP contribution >= 0.6 is 0 Å². The summed E-state index contributed by atoms with van der Waals surface area (Å²) in [6.45, 7) is 0. The van der Waals surface area contributed by atoms with E-state index in [0.29, 0.717) is 5.69 Å². The topological polar surface area (TPSA) is 87.2 Å². The summed E-state index contributed by atoms with van der Waals surface area (Å²) in [5, 5.41) is 9.12. The van der Waals surface area contributed by atoms with Crippen LogP contribution in [0, 0.1) is 5.92 Å². The zero-order chi connectivity index (χ0) is 26.3. The lowest BCUT2D eigenvalue weighted by Gasteiger charge is -2.48. The number of anilines is 1. The molecule has 1 N–H and O–H groups in total. The fourth-order valence-electron chi connectivity index (χ4n) is 5.86. The van der Waals surface area contributed by atoms with Crippen LogP contribution in [-0.4, -0.2) is 46.2 Å². The lowest BCUT2D eigenvalue weighted by molar-refractivity contribution is -0.274. The molecule has 2 fully saturated rings. The first-order chi connectivity index (χ1) is 17.6. The first-order valence-electron chi connectivity index (χ1n) is 12.5. The standard InChI is InChI=1S/C27H27F3N2O5/c28-27(29,30)37-18-12-8-16(9-13-18)26(36)32-21-6-2-1-4-19(21)25(20-5-3-7-22(20)32)31(17-10-11-17)23(33)14-15-24(34)35/h1-2,4,6,8-9,12-13,17,20,22,25H,3,5,7,10-11,14-15H2,(H,34,35)/t20-,22-,25-/m0/s1. The second-order valence-electron chi connectivity index (χ2n) is 9.84. The van der Waals surface area contributed by atoms with Crippen LogP contribution in [-0.2, 0) is 9.59 Å². The molecule has 196 valence electrons. The maximum atomic E-state index is 13.8. The number of ether oxygens (including phenoxy) is 1.